The molecule has 0 heterocycles. The van der Waals surface area contributed by atoms with Crippen LogP contribution in [0.2, 0.25) is 0 Å². The van der Waals surface area contributed by atoms with Gasteiger partial charge in [0.2, 0.25) is 0 Å². The van der Waals surface area contributed by atoms with Gasteiger partial charge in [-0.1, -0.05) is 30.3 Å². The molecule has 3 nitrogen and oxygen atoms in total. The molecule has 0 saturated heterocycles. The van der Waals surface area contributed by atoms with Crippen LogP contribution in [-0.2, 0) is 9.05 Å². The Kier molecular flexibility index (Phi) is 6.07. The third-order valence-electron chi connectivity index (χ3n) is 2.00. The van der Waals surface area contributed by atoms with E-state index in [1.807, 2.05) is 58.0 Å². The molecule has 0 radical (unpaired) electrons. The van der Waals surface area contributed by atoms with Gasteiger partial charge in [-0.25, -0.2) is 0 Å². The summed E-state index contributed by atoms with van der Waals surface area (Å²) in [5.74, 6) is -0.198. The largest absolute Gasteiger partial charge is 0.330 e. The van der Waals surface area contributed by atoms with Crippen LogP contribution in [0.5, 0.6) is 0 Å². The van der Waals surface area contributed by atoms with E-state index in [4.69, 9.17) is 14.8 Å². The van der Waals surface area contributed by atoms with Crippen molar-refractivity contribution in [1.29, 1.82) is 0 Å². The molecule has 96 valence electrons. The van der Waals surface area contributed by atoms with Crippen molar-refractivity contribution in [2.75, 3.05) is 0 Å². The van der Waals surface area contributed by atoms with Crippen LogP contribution in [0.1, 0.15) is 39.0 Å². The third-order valence-corrected chi connectivity index (χ3v) is 4.01. The Hall–Kier alpha value is -0.470. The highest BCUT2D eigenvalue weighted by Crippen LogP contribution is 2.51. The molecule has 1 aromatic carbocycles. The maximum Gasteiger partial charge on any atom is 0.194 e. The van der Waals surface area contributed by atoms with Crippen molar-refractivity contribution in [2.24, 2.45) is 5.73 Å². The quantitative estimate of drug-likeness (QED) is 0.786. The molecular formula is C13H22NO2P. The van der Waals surface area contributed by atoms with Crippen molar-refractivity contribution in [3.63, 3.8) is 0 Å². The lowest BCUT2D eigenvalue weighted by molar-refractivity contribution is 0.172. The monoisotopic (exact) mass is 255 g/mol. The van der Waals surface area contributed by atoms with Crippen LogP contribution in [0.25, 0.3) is 0 Å². The molecule has 0 aliphatic rings. The molecule has 0 bridgehead atoms. The molecule has 1 unspecified atom stereocenters. The first-order chi connectivity index (χ1) is 8.00. The molecule has 0 saturated carbocycles. The first-order valence-electron chi connectivity index (χ1n) is 5.94. The highest BCUT2D eigenvalue weighted by molar-refractivity contribution is 7.47. The van der Waals surface area contributed by atoms with E-state index in [9.17, 15) is 0 Å². The second-order valence-corrected chi connectivity index (χ2v) is 6.00. The van der Waals surface area contributed by atoms with Crippen molar-refractivity contribution in [3.05, 3.63) is 35.9 Å². The Morgan fingerprint density at radius 2 is 1.41 bits per heavy atom. The van der Waals surface area contributed by atoms with Crippen LogP contribution >= 0.6 is 8.38 Å². The van der Waals surface area contributed by atoms with Gasteiger partial charge in [0, 0.05) is 0 Å². The Morgan fingerprint density at radius 3 is 1.82 bits per heavy atom. The second-order valence-electron chi connectivity index (χ2n) is 4.45. The first-order valence-corrected chi connectivity index (χ1v) is 7.18. The fraction of sp³-hybridized carbons (Fsp3) is 0.538. The molecule has 2 N–H and O–H groups in total. The van der Waals surface area contributed by atoms with E-state index in [1.165, 1.54) is 0 Å². The molecule has 0 aliphatic heterocycles. The van der Waals surface area contributed by atoms with E-state index in [0.29, 0.717) is 0 Å². The van der Waals surface area contributed by atoms with Crippen molar-refractivity contribution in [2.45, 2.75) is 45.7 Å². The molecule has 1 atom stereocenters. The fourth-order valence-electron chi connectivity index (χ4n) is 1.34. The Morgan fingerprint density at radius 1 is 0.941 bits per heavy atom. The van der Waals surface area contributed by atoms with E-state index in [-0.39, 0.29) is 18.0 Å². The van der Waals surface area contributed by atoms with Crippen LogP contribution in [-0.4, -0.2) is 12.2 Å². The average Bonchev–Trinajstić information content (AvgIpc) is 2.27. The molecule has 1 rings (SSSR count). The number of hydrogen-bond donors (Lipinski definition) is 1. The molecule has 17 heavy (non-hydrogen) atoms. The lowest BCUT2D eigenvalue weighted by atomic mass is 10.2. The Balaban J connectivity index is 2.75. The fourth-order valence-corrected chi connectivity index (χ4v) is 2.90. The van der Waals surface area contributed by atoms with Gasteiger partial charge >= 0.3 is 0 Å². The molecule has 1 aromatic rings. The summed E-state index contributed by atoms with van der Waals surface area (Å²) in [5.41, 5.74) is 7.27. The van der Waals surface area contributed by atoms with Crippen molar-refractivity contribution in [3.8, 4) is 0 Å². The summed E-state index contributed by atoms with van der Waals surface area (Å²) in [5, 5.41) is 0. The first kappa shape index (κ1) is 14.6. The second kappa shape index (κ2) is 7.07. The molecule has 0 aromatic heterocycles. The van der Waals surface area contributed by atoms with Gasteiger partial charge < -0.3 is 14.8 Å². The number of rotatable bonds is 6. The summed E-state index contributed by atoms with van der Waals surface area (Å²) in [7, 11) is -1.10. The predicted octanol–water partition coefficient (Wildman–Crippen LogP) is 3.81. The zero-order chi connectivity index (χ0) is 12.8. The van der Waals surface area contributed by atoms with Gasteiger partial charge in [0.1, 0.15) is 5.78 Å². The summed E-state index contributed by atoms with van der Waals surface area (Å²) in [6.45, 7) is 7.99. The van der Waals surface area contributed by atoms with E-state index in [2.05, 4.69) is 0 Å². The third kappa shape index (κ3) is 5.13. The summed E-state index contributed by atoms with van der Waals surface area (Å²) in [6, 6.07) is 9.95. The lowest BCUT2D eigenvalue weighted by Crippen LogP contribution is -2.15. The zero-order valence-corrected chi connectivity index (χ0v) is 11.9. The van der Waals surface area contributed by atoms with Crippen LogP contribution < -0.4 is 5.73 Å². The highest BCUT2D eigenvalue weighted by Gasteiger charge is 2.24. The SMILES string of the molecule is CC(C)OP(OC(C)C)C(N)c1ccccc1. The minimum Gasteiger partial charge on any atom is -0.330 e. The van der Waals surface area contributed by atoms with Crippen LogP contribution in [0.3, 0.4) is 0 Å². The minimum atomic E-state index is -1.10. The topological polar surface area (TPSA) is 44.5 Å². The van der Waals surface area contributed by atoms with Crippen LogP contribution in [0.15, 0.2) is 30.3 Å². The Labute approximate surface area is 105 Å². The van der Waals surface area contributed by atoms with Gasteiger partial charge in [-0.3, -0.25) is 0 Å². The summed E-state index contributed by atoms with van der Waals surface area (Å²) < 4.78 is 11.6. The maximum absolute atomic E-state index is 6.21. The summed E-state index contributed by atoms with van der Waals surface area (Å²) >= 11 is 0. The maximum atomic E-state index is 6.21. The molecular weight excluding hydrogens is 233 g/mol. The van der Waals surface area contributed by atoms with Gasteiger partial charge in [-0.2, -0.15) is 0 Å². The normalized spacial score (nSPS) is 13.6. The van der Waals surface area contributed by atoms with Gasteiger partial charge in [0.25, 0.3) is 0 Å². The molecule has 0 amide bonds. The number of benzene rings is 1. The molecule has 0 spiro atoms. The number of hydrogen-bond acceptors (Lipinski definition) is 3. The molecule has 0 aliphatic carbocycles. The smallest absolute Gasteiger partial charge is 0.194 e. The highest BCUT2D eigenvalue weighted by atomic mass is 31.2. The molecule has 0 fully saturated rings. The predicted molar refractivity (Wildman–Crippen MR) is 72.7 cm³/mol. The van der Waals surface area contributed by atoms with E-state index >= 15 is 0 Å². The number of nitrogens with two attached hydrogens (primary N) is 1. The van der Waals surface area contributed by atoms with Crippen LogP contribution in [0.4, 0.5) is 0 Å². The van der Waals surface area contributed by atoms with Crippen molar-refractivity contribution >= 4 is 8.38 Å². The standard InChI is InChI=1S/C13H22NO2P/c1-10(2)15-17(16-11(3)4)13(14)12-8-6-5-7-9-12/h5-11,13H,14H2,1-4H3. The van der Waals surface area contributed by atoms with Crippen LogP contribution in [0, 0.1) is 0 Å². The summed E-state index contributed by atoms with van der Waals surface area (Å²) in [4.78, 5) is 0. The average molecular weight is 255 g/mol. The van der Waals surface area contributed by atoms with Gasteiger partial charge in [-0.05, 0) is 33.3 Å². The van der Waals surface area contributed by atoms with Gasteiger partial charge in [0.15, 0.2) is 8.38 Å². The lowest BCUT2D eigenvalue weighted by Gasteiger charge is -2.27. The minimum absolute atomic E-state index is 0.120. The van der Waals surface area contributed by atoms with E-state index in [1.54, 1.807) is 0 Å². The van der Waals surface area contributed by atoms with E-state index in [0.717, 1.165) is 5.56 Å². The summed E-state index contributed by atoms with van der Waals surface area (Å²) in [6.07, 6.45) is 0.240. The molecule has 4 heteroatoms. The van der Waals surface area contributed by atoms with Gasteiger partial charge in [0.05, 0.1) is 12.2 Å². The zero-order valence-electron chi connectivity index (χ0n) is 11.0. The van der Waals surface area contributed by atoms with Crippen molar-refractivity contribution in [1.82, 2.24) is 0 Å². The Bertz CT molecular complexity index is 306. The van der Waals surface area contributed by atoms with Crippen molar-refractivity contribution < 1.29 is 9.05 Å². The van der Waals surface area contributed by atoms with E-state index < -0.39 is 8.38 Å². The van der Waals surface area contributed by atoms with Gasteiger partial charge in [-0.15, -0.1) is 0 Å².